The Labute approximate surface area is 67.7 Å². The Morgan fingerprint density at radius 1 is 1.30 bits per heavy atom. The molecule has 0 spiro atoms. The lowest BCUT2D eigenvalue weighted by Gasteiger charge is -1.90. The molecule has 2 heteroatoms. The zero-order chi connectivity index (χ0) is 7.40. The minimum atomic E-state index is 0.504. The van der Waals surface area contributed by atoms with Crippen LogP contribution in [0.4, 0.5) is 0 Å². The van der Waals surface area contributed by atoms with Gasteiger partial charge in [-0.1, -0.05) is 19.8 Å². The van der Waals surface area contributed by atoms with Gasteiger partial charge in [-0.3, -0.25) is 0 Å². The second kappa shape index (κ2) is 4.20. The van der Waals surface area contributed by atoms with E-state index in [9.17, 15) is 0 Å². The van der Waals surface area contributed by atoms with Crippen LogP contribution in [0.1, 0.15) is 32.6 Å². The molecule has 10 heavy (non-hydrogen) atoms. The summed E-state index contributed by atoms with van der Waals surface area (Å²) < 4.78 is 5.38. The van der Waals surface area contributed by atoms with Crippen molar-refractivity contribution in [1.82, 2.24) is 0 Å². The summed E-state index contributed by atoms with van der Waals surface area (Å²) >= 11 is 5.56. The molecule has 1 fully saturated rings. The van der Waals surface area contributed by atoms with Gasteiger partial charge in [0.15, 0.2) is 0 Å². The molecule has 1 aliphatic rings. The van der Waals surface area contributed by atoms with Crippen LogP contribution < -0.4 is 0 Å². The number of hydrogen-bond donors (Lipinski definition) is 0. The molecule has 1 nitrogen and oxygen atoms in total. The van der Waals surface area contributed by atoms with Crippen molar-refractivity contribution in [3.8, 4) is 0 Å². The number of unbranched alkanes of at least 4 members (excludes halogenated alkanes) is 1. The first-order valence-electron chi connectivity index (χ1n) is 4.10. The number of epoxide rings is 1. The summed E-state index contributed by atoms with van der Waals surface area (Å²) in [5, 5.41) is 0. The van der Waals surface area contributed by atoms with E-state index in [-0.39, 0.29) is 0 Å². The summed E-state index contributed by atoms with van der Waals surface area (Å²) in [7, 11) is 0. The summed E-state index contributed by atoms with van der Waals surface area (Å²) in [4.78, 5) is 0. The van der Waals surface area contributed by atoms with E-state index in [1.165, 1.54) is 19.3 Å². The first-order valence-corrected chi connectivity index (χ1v) is 4.63. The van der Waals surface area contributed by atoms with Crippen molar-refractivity contribution in [2.75, 3.05) is 5.88 Å². The Kier molecular flexibility index (Phi) is 3.50. The second-order valence-electron chi connectivity index (χ2n) is 2.83. The number of alkyl halides is 1. The predicted molar refractivity (Wildman–Crippen MR) is 43.5 cm³/mol. The van der Waals surface area contributed by atoms with Gasteiger partial charge < -0.3 is 4.74 Å². The molecule has 0 aliphatic carbocycles. The summed E-state index contributed by atoms with van der Waals surface area (Å²) in [6.07, 6.45) is 5.90. The molecule has 0 aromatic carbocycles. The summed E-state index contributed by atoms with van der Waals surface area (Å²) in [6, 6.07) is 0. The van der Waals surface area contributed by atoms with Crippen molar-refractivity contribution in [2.45, 2.75) is 44.8 Å². The highest BCUT2D eigenvalue weighted by Crippen LogP contribution is 2.29. The highest BCUT2D eigenvalue weighted by atomic mass is 35.5. The fourth-order valence-corrected chi connectivity index (χ4v) is 1.41. The van der Waals surface area contributed by atoms with E-state index < -0.39 is 0 Å². The van der Waals surface area contributed by atoms with Crippen molar-refractivity contribution in [1.29, 1.82) is 0 Å². The normalized spacial score (nSPS) is 30.6. The monoisotopic (exact) mass is 162 g/mol. The maximum Gasteiger partial charge on any atom is 0.0853 e. The lowest BCUT2D eigenvalue weighted by Crippen LogP contribution is -1.94. The molecule has 1 heterocycles. The van der Waals surface area contributed by atoms with Gasteiger partial charge in [0.1, 0.15) is 0 Å². The predicted octanol–water partition coefficient (Wildman–Crippen LogP) is 2.57. The molecule has 0 bridgehead atoms. The molecule has 0 amide bonds. The van der Waals surface area contributed by atoms with E-state index in [2.05, 4.69) is 6.92 Å². The molecular formula is C8H15ClO. The second-order valence-corrected chi connectivity index (χ2v) is 3.21. The molecule has 0 N–H and O–H groups in total. The molecule has 1 saturated heterocycles. The maximum atomic E-state index is 5.56. The van der Waals surface area contributed by atoms with Crippen LogP contribution in [-0.2, 0) is 4.74 Å². The smallest absolute Gasteiger partial charge is 0.0853 e. The third-order valence-corrected chi connectivity index (χ3v) is 2.14. The van der Waals surface area contributed by atoms with Gasteiger partial charge in [0, 0.05) is 5.88 Å². The fourth-order valence-electron chi connectivity index (χ4n) is 1.20. The van der Waals surface area contributed by atoms with E-state index in [4.69, 9.17) is 16.3 Å². The van der Waals surface area contributed by atoms with Crippen molar-refractivity contribution in [2.24, 2.45) is 0 Å². The topological polar surface area (TPSA) is 12.5 Å². The lowest BCUT2D eigenvalue weighted by atomic mass is 10.1. The number of hydrogen-bond acceptors (Lipinski definition) is 1. The zero-order valence-corrected chi connectivity index (χ0v) is 7.23. The van der Waals surface area contributed by atoms with Crippen LogP contribution >= 0.6 is 11.6 Å². The van der Waals surface area contributed by atoms with E-state index in [1.807, 2.05) is 0 Å². The molecular weight excluding hydrogens is 148 g/mol. The van der Waals surface area contributed by atoms with Gasteiger partial charge in [-0.25, -0.2) is 0 Å². The molecule has 0 aromatic heterocycles. The molecule has 0 aromatic rings. The largest absolute Gasteiger partial charge is 0.370 e. The van der Waals surface area contributed by atoms with E-state index >= 15 is 0 Å². The SMILES string of the molecule is CCCC[C@H]1O[C@@H]1CCCl. The van der Waals surface area contributed by atoms with Crippen molar-refractivity contribution < 1.29 is 4.74 Å². The Balaban J connectivity index is 1.92. The van der Waals surface area contributed by atoms with Crippen LogP contribution in [0.3, 0.4) is 0 Å². The summed E-state index contributed by atoms with van der Waals surface area (Å²) in [5.41, 5.74) is 0. The van der Waals surface area contributed by atoms with E-state index in [0.29, 0.717) is 12.2 Å². The van der Waals surface area contributed by atoms with Crippen molar-refractivity contribution in [3.05, 3.63) is 0 Å². The molecule has 0 unspecified atom stereocenters. The quantitative estimate of drug-likeness (QED) is 0.447. The van der Waals surface area contributed by atoms with Crippen molar-refractivity contribution >= 4 is 11.6 Å². The van der Waals surface area contributed by atoms with Gasteiger partial charge in [0.05, 0.1) is 12.2 Å². The van der Waals surface area contributed by atoms with Crippen LogP contribution in [-0.4, -0.2) is 18.1 Å². The zero-order valence-electron chi connectivity index (χ0n) is 6.48. The third kappa shape index (κ3) is 2.47. The average molecular weight is 163 g/mol. The molecule has 0 radical (unpaired) electrons. The van der Waals surface area contributed by atoms with Crippen LogP contribution in [0.2, 0.25) is 0 Å². The molecule has 1 rings (SSSR count). The van der Waals surface area contributed by atoms with Crippen LogP contribution in [0, 0.1) is 0 Å². The first-order chi connectivity index (χ1) is 4.88. The van der Waals surface area contributed by atoms with Gasteiger partial charge in [0.2, 0.25) is 0 Å². The minimum absolute atomic E-state index is 0.504. The Bertz CT molecular complexity index is 95.3. The standard InChI is InChI=1S/C8H15ClO/c1-2-3-4-7-8(10-7)5-6-9/h7-8H,2-6H2,1H3/t7-,8-/m1/s1. The number of rotatable bonds is 5. The summed E-state index contributed by atoms with van der Waals surface area (Å²) in [6.45, 7) is 2.21. The van der Waals surface area contributed by atoms with Gasteiger partial charge >= 0.3 is 0 Å². The van der Waals surface area contributed by atoms with Gasteiger partial charge in [-0.15, -0.1) is 11.6 Å². The molecule has 1 aliphatic heterocycles. The van der Waals surface area contributed by atoms with Crippen LogP contribution in [0.25, 0.3) is 0 Å². The minimum Gasteiger partial charge on any atom is -0.370 e. The maximum absolute atomic E-state index is 5.56. The fraction of sp³-hybridized carbons (Fsp3) is 1.00. The van der Waals surface area contributed by atoms with Gasteiger partial charge in [-0.05, 0) is 12.8 Å². The Morgan fingerprint density at radius 3 is 2.60 bits per heavy atom. The third-order valence-electron chi connectivity index (χ3n) is 1.92. The van der Waals surface area contributed by atoms with Crippen LogP contribution in [0.5, 0.6) is 0 Å². The first kappa shape index (κ1) is 8.35. The van der Waals surface area contributed by atoms with E-state index in [1.54, 1.807) is 0 Å². The Morgan fingerprint density at radius 2 is 2.00 bits per heavy atom. The highest BCUT2D eigenvalue weighted by Gasteiger charge is 2.36. The lowest BCUT2D eigenvalue weighted by molar-refractivity contribution is 0.357. The number of halogens is 1. The summed E-state index contributed by atoms with van der Waals surface area (Å²) in [5.74, 6) is 0.743. The van der Waals surface area contributed by atoms with Gasteiger partial charge in [0.25, 0.3) is 0 Å². The Hall–Kier alpha value is 0.250. The average Bonchev–Trinajstić information content (AvgIpc) is 2.65. The molecule has 60 valence electrons. The highest BCUT2D eigenvalue weighted by molar-refractivity contribution is 6.17. The molecule has 2 atom stereocenters. The van der Waals surface area contributed by atoms with Gasteiger partial charge in [-0.2, -0.15) is 0 Å². The van der Waals surface area contributed by atoms with Crippen LogP contribution in [0.15, 0.2) is 0 Å². The molecule has 0 saturated carbocycles. The number of ether oxygens (including phenoxy) is 1. The van der Waals surface area contributed by atoms with E-state index in [0.717, 1.165) is 12.3 Å². The van der Waals surface area contributed by atoms with Crippen molar-refractivity contribution in [3.63, 3.8) is 0 Å².